The minimum Gasteiger partial charge on any atom is -0.386 e. The molecule has 0 amide bonds. The van der Waals surface area contributed by atoms with Crippen LogP contribution in [0.3, 0.4) is 0 Å². The number of anilines is 1. The first-order valence-corrected chi connectivity index (χ1v) is 5.82. The van der Waals surface area contributed by atoms with Crippen LogP contribution in [0, 0.1) is 0 Å². The summed E-state index contributed by atoms with van der Waals surface area (Å²) >= 11 is 0. The first kappa shape index (κ1) is 11.7. The number of hydrogen-bond acceptors (Lipinski definition) is 2. The van der Waals surface area contributed by atoms with Crippen LogP contribution in [0.1, 0.15) is 18.6 Å². The molecule has 2 rings (SSSR count). The van der Waals surface area contributed by atoms with E-state index in [2.05, 4.69) is 5.32 Å². The Morgan fingerprint density at radius 2 is 1.41 bits per heavy atom. The van der Waals surface area contributed by atoms with Crippen molar-refractivity contribution in [2.24, 2.45) is 0 Å². The lowest BCUT2D eigenvalue weighted by molar-refractivity contribution is 0.161. The smallest absolute Gasteiger partial charge is 0.0988 e. The molecule has 88 valence electrons. The average Bonchev–Trinajstić information content (AvgIpc) is 2.40. The summed E-state index contributed by atoms with van der Waals surface area (Å²) < 4.78 is 0. The van der Waals surface area contributed by atoms with Crippen LogP contribution < -0.4 is 5.32 Å². The van der Waals surface area contributed by atoms with Crippen molar-refractivity contribution in [1.29, 1.82) is 0 Å². The predicted molar refractivity (Wildman–Crippen MR) is 70.9 cm³/mol. The Morgan fingerprint density at radius 3 is 2.00 bits per heavy atom. The van der Waals surface area contributed by atoms with Gasteiger partial charge < -0.3 is 10.4 Å². The van der Waals surface area contributed by atoms with Crippen LogP contribution in [0.2, 0.25) is 0 Å². The van der Waals surface area contributed by atoms with Crippen LogP contribution in [0.4, 0.5) is 5.69 Å². The molecule has 0 aliphatic carbocycles. The number of hydrogen-bond donors (Lipinski definition) is 2. The lowest BCUT2D eigenvalue weighted by Crippen LogP contribution is -2.23. The number of benzene rings is 2. The Labute approximate surface area is 102 Å². The van der Waals surface area contributed by atoms with Crippen molar-refractivity contribution in [3.05, 3.63) is 66.2 Å². The minimum absolute atomic E-state index is 0.0280. The number of para-hydroxylation sites is 1. The molecule has 0 aromatic heterocycles. The fraction of sp³-hybridized carbons (Fsp3) is 0.200. The molecule has 2 aromatic carbocycles. The summed E-state index contributed by atoms with van der Waals surface area (Å²) in [6.07, 6.45) is -0.503. The fourth-order valence-corrected chi connectivity index (χ4v) is 1.82. The zero-order valence-corrected chi connectivity index (χ0v) is 9.88. The van der Waals surface area contributed by atoms with Crippen molar-refractivity contribution in [2.75, 3.05) is 5.32 Å². The molecule has 0 radical (unpaired) electrons. The summed E-state index contributed by atoms with van der Waals surface area (Å²) in [5.74, 6) is 0. The van der Waals surface area contributed by atoms with Gasteiger partial charge in [-0.1, -0.05) is 48.5 Å². The Hall–Kier alpha value is -1.80. The lowest BCUT2D eigenvalue weighted by Gasteiger charge is -2.21. The molecule has 2 aromatic rings. The van der Waals surface area contributed by atoms with Crippen molar-refractivity contribution in [1.82, 2.24) is 0 Å². The van der Waals surface area contributed by atoms with Gasteiger partial charge in [-0.3, -0.25) is 0 Å². The number of rotatable bonds is 4. The summed E-state index contributed by atoms with van der Waals surface area (Å²) in [5, 5.41) is 13.5. The van der Waals surface area contributed by atoms with E-state index in [1.165, 1.54) is 0 Å². The fourth-order valence-electron chi connectivity index (χ4n) is 1.82. The standard InChI is InChI=1S/C15H17NO/c1-12(16-14-10-6-3-7-11-14)15(17)13-8-4-2-5-9-13/h2-12,15-17H,1H3/t12-,15?/m0/s1. The van der Waals surface area contributed by atoms with Gasteiger partial charge in [0.2, 0.25) is 0 Å². The SMILES string of the molecule is C[C@H](Nc1ccccc1)C(O)c1ccccc1. The molecule has 2 N–H and O–H groups in total. The van der Waals surface area contributed by atoms with Gasteiger partial charge in [0.15, 0.2) is 0 Å². The zero-order valence-electron chi connectivity index (χ0n) is 9.88. The van der Waals surface area contributed by atoms with E-state index in [4.69, 9.17) is 0 Å². The molecule has 2 nitrogen and oxygen atoms in total. The van der Waals surface area contributed by atoms with Crippen LogP contribution >= 0.6 is 0 Å². The Balaban J connectivity index is 2.03. The molecule has 1 unspecified atom stereocenters. The van der Waals surface area contributed by atoms with Gasteiger partial charge in [-0.15, -0.1) is 0 Å². The quantitative estimate of drug-likeness (QED) is 0.840. The van der Waals surface area contributed by atoms with E-state index in [-0.39, 0.29) is 6.04 Å². The molecule has 0 aliphatic heterocycles. The van der Waals surface area contributed by atoms with Gasteiger partial charge in [-0.05, 0) is 24.6 Å². The average molecular weight is 227 g/mol. The van der Waals surface area contributed by atoms with Gasteiger partial charge in [0.1, 0.15) is 0 Å². The second-order valence-electron chi connectivity index (χ2n) is 4.15. The Morgan fingerprint density at radius 1 is 0.882 bits per heavy atom. The summed E-state index contributed by atoms with van der Waals surface area (Å²) in [7, 11) is 0. The van der Waals surface area contributed by atoms with Gasteiger partial charge in [-0.2, -0.15) is 0 Å². The molecule has 0 fully saturated rings. The maximum Gasteiger partial charge on any atom is 0.0988 e. The van der Waals surface area contributed by atoms with Crippen LogP contribution in [-0.2, 0) is 0 Å². The van der Waals surface area contributed by atoms with Crippen molar-refractivity contribution < 1.29 is 5.11 Å². The molecule has 0 heterocycles. The van der Waals surface area contributed by atoms with Crippen molar-refractivity contribution in [3.63, 3.8) is 0 Å². The highest BCUT2D eigenvalue weighted by Gasteiger charge is 2.15. The number of aliphatic hydroxyl groups is 1. The summed E-state index contributed by atoms with van der Waals surface area (Å²) in [4.78, 5) is 0. The summed E-state index contributed by atoms with van der Waals surface area (Å²) in [6.45, 7) is 1.98. The summed E-state index contributed by atoms with van der Waals surface area (Å²) in [6, 6.07) is 19.6. The van der Waals surface area contributed by atoms with Gasteiger partial charge in [0.05, 0.1) is 12.1 Å². The Bertz CT molecular complexity index is 441. The van der Waals surface area contributed by atoms with E-state index in [1.54, 1.807) is 0 Å². The normalized spacial score (nSPS) is 14.0. The van der Waals surface area contributed by atoms with Gasteiger partial charge in [0.25, 0.3) is 0 Å². The first-order valence-electron chi connectivity index (χ1n) is 5.82. The molecule has 0 saturated heterocycles. The lowest BCUT2D eigenvalue weighted by atomic mass is 10.0. The van der Waals surface area contributed by atoms with Gasteiger partial charge in [0, 0.05) is 5.69 Å². The third kappa shape index (κ3) is 3.08. The molecular weight excluding hydrogens is 210 g/mol. The first-order chi connectivity index (χ1) is 8.27. The van der Waals surface area contributed by atoms with E-state index in [0.29, 0.717) is 0 Å². The zero-order chi connectivity index (χ0) is 12.1. The van der Waals surface area contributed by atoms with Crippen LogP contribution in [0.25, 0.3) is 0 Å². The summed E-state index contributed by atoms with van der Waals surface area (Å²) in [5.41, 5.74) is 1.96. The van der Waals surface area contributed by atoms with Gasteiger partial charge in [-0.25, -0.2) is 0 Å². The number of nitrogens with one attached hydrogen (secondary N) is 1. The minimum atomic E-state index is -0.503. The second kappa shape index (κ2) is 5.51. The third-order valence-electron chi connectivity index (χ3n) is 2.78. The van der Waals surface area contributed by atoms with Crippen LogP contribution in [0.15, 0.2) is 60.7 Å². The molecule has 17 heavy (non-hydrogen) atoms. The topological polar surface area (TPSA) is 32.3 Å². The Kier molecular flexibility index (Phi) is 3.78. The van der Waals surface area contributed by atoms with E-state index in [1.807, 2.05) is 67.6 Å². The molecular formula is C15H17NO. The number of aliphatic hydroxyl groups excluding tert-OH is 1. The molecule has 2 heteroatoms. The van der Waals surface area contributed by atoms with E-state index < -0.39 is 6.10 Å². The maximum atomic E-state index is 10.2. The second-order valence-corrected chi connectivity index (χ2v) is 4.15. The largest absolute Gasteiger partial charge is 0.386 e. The van der Waals surface area contributed by atoms with Crippen molar-refractivity contribution in [3.8, 4) is 0 Å². The van der Waals surface area contributed by atoms with E-state index >= 15 is 0 Å². The van der Waals surface area contributed by atoms with Crippen molar-refractivity contribution in [2.45, 2.75) is 19.1 Å². The molecule has 2 atom stereocenters. The van der Waals surface area contributed by atoms with Crippen LogP contribution in [-0.4, -0.2) is 11.1 Å². The highest BCUT2D eigenvalue weighted by molar-refractivity contribution is 5.43. The van der Waals surface area contributed by atoms with Crippen molar-refractivity contribution >= 4 is 5.69 Å². The van der Waals surface area contributed by atoms with E-state index in [9.17, 15) is 5.11 Å². The van der Waals surface area contributed by atoms with Crippen LogP contribution in [0.5, 0.6) is 0 Å². The predicted octanol–water partition coefficient (Wildman–Crippen LogP) is 3.22. The molecule has 0 saturated carbocycles. The monoisotopic (exact) mass is 227 g/mol. The highest BCUT2D eigenvalue weighted by atomic mass is 16.3. The highest BCUT2D eigenvalue weighted by Crippen LogP contribution is 2.19. The van der Waals surface area contributed by atoms with E-state index in [0.717, 1.165) is 11.3 Å². The molecule has 0 bridgehead atoms. The third-order valence-corrected chi connectivity index (χ3v) is 2.78. The molecule has 0 spiro atoms. The molecule has 0 aliphatic rings. The maximum absolute atomic E-state index is 10.2. The van der Waals surface area contributed by atoms with Gasteiger partial charge >= 0.3 is 0 Å².